The second-order valence-electron chi connectivity index (χ2n) is 3.78. The summed E-state index contributed by atoms with van der Waals surface area (Å²) in [5.74, 6) is 0.0884. The van der Waals surface area contributed by atoms with Crippen LogP contribution in [0.15, 0.2) is 24.3 Å². The molecule has 0 fully saturated rings. The quantitative estimate of drug-likeness (QED) is 0.411. The minimum atomic E-state index is 0.0884. The van der Waals surface area contributed by atoms with Gasteiger partial charge in [0, 0.05) is 12.2 Å². The van der Waals surface area contributed by atoms with Crippen LogP contribution in [0.25, 0.3) is 0 Å². The van der Waals surface area contributed by atoms with Gasteiger partial charge < -0.3 is 15.2 Å². The first-order valence-corrected chi connectivity index (χ1v) is 5.83. The molecule has 0 bridgehead atoms. The highest BCUT2D eigenvalue weighted by molar-refractivity contribution is 5.94. The fourth-order valence-electron chi connectivity index (χ4n) is 1.33. The first kappa shape index (κ1) is 13.7. The molecule has 0 atom stereocenters. The fraction of sp³-hybridized carbons (Fsp3) is 0.462. The lowest BCUT2D eigenvalue weighted by Crippen LogP contribution is -2.10. The zero-order valence-electron chi connectivity index (χ0n) is 10.2. The van der Waals surface area contributed by atoms with Crippen LogP contribution in [0.4, 0.5) is 0 Å². The largest absolute Gasteiger partial charge is 0.384 e. The Morgan fingerprint density at radius 1 is 1.12 bits per heavy atom. The second-order valence-corrected chi connectivity index (χ2v) is 3.78. The highest BCUT2D eigenvalue weighted by Crippen LogP contribution is 2.05. The van der Waals surface area contributed by atoms with Crippen molar-refractivity contribution in [2.75, 3.05) is 19.8 Å². The van der Waals surface area contributed by atoms with Gasteiger partial charge in [-0.1, -0.05) is 31.2 Å². The molecule has 0 aliphatic carbocycles. The van der Waals surface area contributed by atoms with Gasteiger partial charge in [0.1, 0.15) is 5.84 Å². The Balaban J connectivity index is 2.21. The van der Waals surface area contributed by atoms with Gasteiger partial charge in [0.25, 0.3) is 0 Å². The van der Waals surface area contributed by atoms with Crippen LogP contribution in [0.1, 0.15) is 24.5 Å². The molecule has 0 aliphatic heterocycles. The topological polar surface area (TPSA) is 68.3 Å². The van der Waals surface area contributed by atoms with Gasteiger partial charge in [-0.05, 0) is 12.0 Å². The van der Waals surface area contributed by atoms with E-state index in [1.54, 1.807) is 0 Å². The maximum absolute atomic E-state index is 7.27. The van der Waals surface area contributed by atoms with Crippen LogP contribution in [0, 0.1) is 5.41 Å². The summed E-state index contributed by atoms with van der Waals surface area (Å²) in [6, 6.07) is 7.50. The molecule has 1 aromatic rings. The zero-order chi connectivity index (χ0) is 12.5. The summed E-state index contributed by atoms with van der Waals surface area (Å²) >= 11 is 0. The Morgan fingerprint density at radius 2 is 1.76 bits per heavy atom. The number of hydrogen-bond acceptors (Lipinski definition) is 3. The number of ether oxygens (including phenoxy) is 2. The number of amidine groups is 1. The van der Waals surface area contributed by atoms with E-state index in [0.717, 1.165) is 24.2 Å². The molecule has 0 spiro atoms. The molecule has 4 heteroatoms. The molecule has 4 nitrogen and oxygen atoms in total. The minimum absolute atomic E-state index is 0.0884. The second kappa shape index (κ2) is 7.81. The summed E-state index contributed by atoms with van der Waals surface area (Å²) in [6.07, 6.45) is 1.03. The average Bonchev–Trinajstić information content (AvgIpc) is 2.34. The number of rotatable bonds is 8. The van der Waals surface area contributed by atoms with Gasteiger partial charge in [-0.3, -0.25) is 5.41 Å². The molecule has 0 amide bonds. The Kier molecular flexibility index (Phi) is 6.29. The van der Waals surface area contributed by atoms with E-state index in [9.17, 15) is 0 Å². The van der Waals surface area contributed by atoms with E-state index in [-0.39, 0.29) is 5.84 Å². The lowest BCUT2D eigenvalue weighted by molar-refractivity contribution is 0.0408. The standard InChI is InChI=1S/C13H20N2O2/c1-2-7-16-8-9-17-10-11-3-5-12(6-4-11)13(14)15/h3-6H,2,7-10H2,1H3,(H3,14,15). The maximum Gasteiger partial charge on any atom is 0.122 e. The summed E-state index contributed by atoms with van der Waals surface area (Å²) in [4.78, 5) is 0. The fourth-order valence-corrected chi connectivity index (χ4v) is 1.33. The van der Waals surface area contributed by atoms with Crippen molar-refractivity contribution >= 4 is 5.84 Å². The summed E-state index contributed by atoms with van der Waals surface area (Å²) in [5, 5.41) is 7.27. The number of nitrogens with one attached hydrogen (secondary N) is 1. The van der Waals surface area contributed by atoms with Crippen molar-refractivity contribution in [2.45, 2.75) is 20.0 Å². The summed E-state index contributed by atoms with van der Waals surface area (Å²) in [6.45, 7) is 4.68. The predicted molar refractivity (Wildman–Crippen MR) is 68.2 cm³/mol. The molecule has 0 saturated carbocycles. The predicted octanol–water partition coefficient (Wildman–Crippen LogP) is 1.91. The third kappa shape index (κ3) is 5.47. The molecule has 0 aromatic heterocycles. The van der Waals surface area contributed by atoms with Crippen molar-refractivity contribution in [3.05, 3.63) is 35.4 Å². The van der Waals surface area contributed by atoms with E-state index in [1.807, 2.05) is 24.3 Å². The molecule has 1 rings (SSSR count). The first-order valence-electron chi connectivity index (χ1n) is 5.83. The molecule has 17 heavy (non-hydrogen) atoms. The first-order chi connectivity index (χ1) is 8.24. The molecule has 0 aliphatic rings. The van der Waals surface area contributed by atoms with Crippen molar-refractivity contribution in [1.29, 1.82) is 5.41 Å². The lowest BCUT2D eigenvalue weighted by atomic mass is 10.1. The Labute approximate surface area is 102 Å². The number of benzene rings is 1. The monoisotopic (exact) mass is 236 g/mol. The van der Waals surface area contributed by atoms with Crippen molar-refractivity contribution in [1.82, 2.24) is 0 Å². The van der Waals surface area contributed by atoms with Gasteiger partial charge in [0.05, 0.1) is 19.8 Å². The molecule has 0 unspecified atom stereocenters. The number of nitrogen functional groups attached to an aromatic ring is 1. The third-order valence-corrected chi connectivity index (χ3v) is 2.25. The Hall–Kier alpha value is -1.39. The van der Waals surface area contributed by atoms with E-state index < -0.39 is 0 Å². The highest BCUT2D eigenvalue weighted by atomic mass is 16.5. The van der Waals surface area contributed by atoms with Crippen LogP contribution in [0.2, 0.25) is 0 Å². The number of nitrogens with two attached hydrogens (primary N) is 1. The van der Waals surface area contributed by atoms with Crippen LogP contribution < -0.4 is 5.73 Å². The van der Waals surface area contributed by atoms with E-state index in [2.05, 4.69) is 6.92 Å². The van der Waals surface area contributed by atoms with Gasteiger partial charge >= 0.3 is 0 Å². The normalized spacial score (nSPS) is 10.4. The van der Waals surface area contributed by atoms with Crippen molar-refractivity contribution in [3.8, 4) is 0 Å². The molecule has 0 saturated heterocycles. The molecule has 94 valence electrons. The maximum atomic E-state index is 7.27. The van der Waals surface area contributed by atoms with E-state index in [1.165, 1.54) is 0 Å². The molecule has 1 aromatic carbocycles. The SMILES string of the molecule is CCCOCCOCc1ccc(C(=N)N)cc1. The third-order valence-electron chi connectivity index (χ3n) is 2.25. The summed E-state index contributed by atoms with van der Waals surface area (Å²) in [7, 11) is 0. The lowest BCUT2D eigenvalue weighted by Gasteiger charge is -2.06. The number of hydrogen-bond donors (Lipinski definition) is 2. The van der Waals surface area contributed by atoms with Crippen molar-refractivity contribution < 1.29 is 9.47 Å². The summed E-state index contributed by atoms with van der Waals surface area (Å²) < 4.78 is 10.8. The van der Waals surface area contributed by atoms with Crippen LogP contribution in [-0.2, 0) is 16.1 Å². The zero-order valence-corrected chi connectivity index (χ0v) is 10.2. The molecule has 3 N–H and O–H groups in total. The van der Waals surface area contributed by atoms with Crippen LogP contribution in [-0.4, -0.2) is 25.7 Å². The van der Waals surface area contributed by atoms with Crippen molar-refractivity contribution in [2.24, 2.45) is 5.73 Å². The van der Waals surface area contributed by atoms with Gasteiger partial charge in [-0.25, -0.2) is 0 Å². The van der Waals surface area contributed by atoms with Gasteiger partial charge in [-0.15, -0.1) is 0 Å². The van der Waals surface area contributed by atoms with Crippen LogP contribution >= 0.6 is 0 Å². The smallest absolute Gasteiger partial charge is 0.122 e. The average molecular weight is 236 g/mol. The molecule has 0 radical (unpaired) electrons. The molecular weight excluding hydrogens is 216 g/mol. The molecular formula is C13H20N2O2. The van der Waals surface area contributed by atoms with Crippen LogP contribution in [0.5, 0.6) is 0 Å². The van der Waals surface area contributed by atoms with Crippen LogP contribution in [0.3, 0.4) is 0 Å². The molecule has 0 heterocycles. The van der Waals surface area contributed by atoms with E-state index in [0.29, 0.717) is 19.8 Å². The van der Waals surface area contributed by atoms with E-state index >= 15 is 0 Å². The van der Waals surface area contributed by atoms with Crippen molar-refractivity contribution in [3.63, 3.8) is 0 Å². The summed E-state index contributed by atoms with van der Waals surface area (Å²) in [5.41, 5.74) is 7.18. The minimum Gasteiger partial charge on any atom is -0.384 e. The Bertz CT molecular complexity index is 336. The van der Waals surface area contributed by atoms with Gasteiger partial charge in [0.2, 0.25) is 0 Å². The van der Waals surface area contributed by atoms with Gasteiger partial charge in [0.15, 0.2) is 0 Å². The highest BCUT2D eigenvalue weighted by Gasteiger charge is 1.97. The van der Waals surface area contributed by atoms with Gasteiger partial charge in [-0.2, -0.15) is 0 Å². The Morgan fingerprint density at radius 3 is 2.35 bits per heavy atom. The van der Waals surface area contributed by atoms with E-state index in [4.69, 9.17) is 20.6 Å².